The van der Waals surface area contributed by atoms with Crippen molar-refractivity contribution in [2.24, 2.45) is 0 Å². The summed E-state index contributed by atoms with van der Waals surface area (Å²) >= 11 is 11.1. The van der Waals surface area contributed by atoms with E-state index >= 15 is 0 Å². The second kappa shape index (κ2) is 6.51. The average molecular weight is 361 g/mol. The number of benzene rings is 2. The van der Waals surface area contributed by atoms with E-state index in [0.717, 1.165) is 0 Å². The first-order valence-electron chi connectivity index (χ1n) is 6.99. The van der Waals surface area contributed by atoms with Crippen LogP contribution in [0.3, 0.4) is 0 Å². The minimum absolute atomic E-state index is 0.0140. The van der Waals surface area contributed by atoms with E-state index in [-0.39, 0.29) is 16.7 Å². The Morgan fingerprint density at radius 2 is 1.96 bits per heavy atom. The molecule has 1 heterocycles. The Bertz CT molecular complexity index is 849. The number of aromatic hydroxyl groups is 1. The van der Waals surface area contributed by atoms with Gasteiger partial charge in [0.05, 0.1) is 17.8 Å². The number of hydrogen-bond acceptors (Lipinski definition) is 4. The molecule has 122 valence electrons. The van der Waals surface area contributed by atoms with Crippen molar-refractivity contribution in [2.75, 3.05) is 12.0 Å². The zero-order valence-electron chi connectivity index (χ0n) is 12.6. The predicted octanol–water partition coefficient (Wildman–Crippen LogP) is 3.32. The topological polar surface area (TPSA) is 61.8 Å². The number of phenolic OH excluding ortho intramolecular Hbond substituents is 1. The molecule has 1 saturated heterocycles. The van der Waals surface area contributed by atoms with Gasteiger partial charge in [0, 0.05) is 0 Å². The SMILES string of the molecule is COc1ccc(N2C(=O)C(=Cc3ccc(O)c(Cl)c3)NC2=S)cc1. The van der Waals surface area contributed by atoms with Crippen molar-refractivity contribution in [3.05, 3.63) is 58.7 Å². The molecule has 0 aromatic heterocycles. The highest BCUT2D eigenvalue weighted by Crippen LogP contribution is 2.27. The van der Waals surface area contributed by atoms with E-state index in [4.69, 9.17) is 28.6 Å². The number of ether oxygens (including phenoxy) is 1. The summed E-state index contributed by atoms with van der Waals surface area (Å²) in [7, 11) is 1.58. The number of nitrogens with one attached hydrogen (secondary N) is 1. The van der Waals surface area contributed by atoms with Gasteiger partial charge in [-0.05, 0) is 60.3 Å². The standard InChI is InChI=1S/C17H13ClN2O3S/c1-23-12-5-3-11(4-6-12)20-16(22)14(19-17(20)24)9-10-2-7-15(21)13(18)8-10/h2-9,21H,1H3,(H,19,24). The third-order valence-corrected chi connectivity index (χ3v) is 4.08. The molecule has 1 amide bonds. The van der Waals surface area contributed by atoms with Gasteiger partial charge in [-0.15, -0.1) is 0 Å². The first-order chi connectivity index (χ1) is 11.5. The Hall–Kier alpha value is -2.57. The Kier molecular flexibility index (Phi) is 4.42. The fourth-order valence-corrected chi connectivity index (χ4v) is 2.77. The van der Waals surface area contributed by atoms with Crippen LogP contribution in [0.4, 0.5) is 5.69 Å². The van der Waals surface area contributed by atoms with Gasteiger partial charge in [-0.1, -0.05) is 17.7 Å². The molecule has 2 N–H and O–H groups in total. The number of carbonyl (C=O) groups is 1. The Morgan fingerprint density at radius 3 is 2.58 bits per heavy atom. The number of thiocarbonyl (C=S) groups is 1. The van der Waals surface area contributed by atoms with Crippen LogP contribution in [0.5, 0.6) is 11.5 Å². The molecule has 0 atom stereocenters. The lowest BCUT2D eigenvalue weighted by molar-refractivity contribution is -0.113. The molecule has 0 radical (unpaired) electrons. The van der Waals surface area contributed by atoms with Gasteiger partial charge in [0.2, 0.25) is 0 Å². The van der Waals surface area contributed by atoms with Crippen LogP contribution in [0.15, 0.2) is 48.2 Å². The highest BCUT2D eigenvalue weighted by molar-refractivity contribution is 7.80. The van der Waals surface area contributed by atoms with Crippen molar-refractivity contribution in [1.29, 1.82) is 0 Å². The van der Waals surface area contributed by atoms with Crippen LogP contribution in [-0.4, -0.2) is 23.2 Å². The molecule has 0 saturated carbocycles. The molecule has 1 aliphatic heterocycles. The molecule has 24 heavy (non-hydrogen) atoms. The third kappa shape index (κ3) is 3.06. The van der Waals surface area contributed by atoms with Gasteiger partial charge in [-0.3, -0.25) is 9.69 Å². The van der Waals surface area contributed by atoms with E-state index in [0.29, 0.717) is 27.8 Å². The lowest BCUT2D eigenvalue weighted by Gasteiger charge is -2.14. The van der Waals surface area contributed by atoms with Gasteiger partial charge in [0.1, 0.15) is 17.2 Å². The Morgan fingerprint density at radius 1 is 1.25 bits per heavy atom. The fourth-order valence-electron chi connectivity index (χ4n) is 2.28. The number of rotatable bonds is 3. The zero-order chi connectivity index (χ0) is 17.3. The molecular weight excluding hydrogens is 348 g/mol. The number of carbonyl (C=O) groups excluding carboxylic acids is 1. The van der Waals surface area contributed by atoms with Crippen LogP contribution in [0.25, 0.3) is 6.08 Å². The average Bonchev–Trinajstić information content (AvgIpc) is 2.85. The molecule has 3 rings (SSSR count). The van der Waals surface area contributed by atoms with E-state index in [1.165, 1.54) is 11.0 Å². The fraction of sp³-hybridized carbons (Fsp3) is 0.0588. The maximum Gasteiger partial charge on any atom is 0.281 e. The molecule has 2 aromatic carbocycles. The van der Waals surface area contributed by atoms with Crippen LogP contribution in [0.1, 0.15) is 5.56 Å². The van der Waals surface area contributed by atoms with Gasteiger partial charge in [-0.2, -0.15) is 0 Å². The third-order valence-electron chi connectivity index (χ3n) is 3.49. The maximum atomic E-state index is 12.6. The molecule has 0 unspecified atom stereocenters. The van der Waals surface area contributed by atoms with Gasteiger partial charge >= 0.3 is 0 Å². The van der Waals surface area contributed by atoms with E-state index in [9.17, 15) is 9.90 Å². The molecule has 0 bridgehead atoms. The number of anilines is 1. The number of phenols is 1. The molecule has 1 aliphatic rings. The highest BCUT2D eigenvalue weighted by atomic mass is 35.5. The summed E-state index contributed by atoms with van der Waals surface area (Å²) in [5.41, 5.74) is 1.65. The maximum absolute atomic E-state index is 12.6. The molecule has 2 aromatic rings. The van der Waals surface area contributed by atoms with Gasteiger partial charge in [0.15, 0.2) is 5.11 Å². The largest absolute Gasteiger partial charge is 0.506 e. The molecule has 7 heteroatoms. The summed E-state index contributed by atoms with van der Waals surface area (Å²) in [6.45, 7) is 0. The van der Waals surface area contributed by atoms with Crippen molar-refractivity contribution in [1.82, 2.24) is 5.32 Å². The molecular formula is C17H13ClN2O3S. The van der Waals surface area contributed by atoms with Gasteiger partial charge < -0.3 is 15.2 Å². The van der Waals surface area contributed by atoms with E-state index in [2.05, 4.69) is 5.32 Å². The number of halogens is 1. The smallest absolute Gasteiger partial charge is 0.281 e. The van der Waals surface area contributed by atoms with Crippen molar-refractivity contribution >= 4 is 46.6 Å². The minimum Gasteiger partial charge on any atom is -0.506 e. The second-order valence-corrected chi connectivity index (χ2v) is 5.83. The number of amides is 1. The van der Waals surface area contributed by atoms with Crippen molar-refractivity contribution in [2.45, 2.75) is 0 Å². The summed E-state index contributed by atoms with van der Waals surface area (Å²) in [4.78, 5) is 14.0. The second-order valence-electron chi connectivity index (χ2n) is 5.04. The van der Waals surface area contributed by atoms with Crippen LogP contribution >= 0.6 is 23.8 Å². The molecule has 0 aliphatic carbocycles. The molecule has 1 fully saturated rings. The summed E-state index contributed by atoms with van der Waals surface area (Å²) in [6, 6.07) is 11.7. The predicted molar refractivity (Wildman–Crippen MR) is 97.3 cm³/mol. The summed E-state index contributed by atoms with van der Waals surface area (Å²) < 4.78 is 5.11. The van der Waals surface area contributed by atoms with Crippen LogP contribution in [0.2, 0.25) is 5.02 Å². The summed E-state index contributed by atoms with van der Waals surface area (Å²) in [5.74, 6) is 0.410. The van der Waals surface area contributed by atoms with Gasteiger partial charge in [0.25, 0.3) is 5.91 Å². The van der Waals surface area contributed by atoms with Crippen molar-refractivity contribution in [3.63, 3.8) is 0 Å². The first kappa shape index (κ1) is 16.3. The van der Waals surface area contributed by atoms with Crippen LogP contribution in [0, 0.1) is 0 Å². The number of hydrogen-bond donors (Lipinski definition) is 2. The Labute approximate surface area is 149 Å². The summed E-state index contributed by atoms with van der Waals surface area (Å²) in [6.07, 6.45) is 1.63. The minimum atomic E-state index is -0.269. The van der Waals surface area contributed by atoms with Crippen LogP contribution in [-0.2, 0) is 4.79 Å². The summed E-state index contributed by atoms with van der Waals surface area (Å²) in [5, 5.41) is 12.9. The van der Waals surface area contributed by atoms with Gasteiger partial charge in [-0.25, -0.2) is 0 Å². The van der Waals surface area contributed by atoms with E-state index in [1.807, 2.05) is 0 Å². The molecule has 0 spiro atoms. The number of nitrogens with zero attached hydrogens (tertiary/aromatic N) is 1. The lowest BCUT2D eigenvalue weighted by atomic mass is 10.2. The van der Waals surface area contributed by atoms with Crippen molar-refractivity contribution < 1.29 is 14.6 Å². The monoisotopic (exact) mass is 360 g/mol. The van der Waals surface area contributed by atoms with Crippen molar-refractivity contribution in [3.8, 4) is 11.5 Å². The van der Waals surface area contributed by atoms with E-state index in [1.54, 1.807) is 49.6 Å². The number of methoxy groups -OCH3 is 1. The normalized spacial score (nSPS) is 15.8. The lowest BCUT2D eigenvalue weighted by Crippen LogP contribution is -2.30. The van der Waals surface area contributed by atoms with E-state index < -0.39 is 0 Å². The quantitative estimate of drug-likeness (QED) is 0.649. The molecule has 5 nitrogen and oxygen atoms in total. The highest BCUT2D eigenvalue weighted by Gasteiger charge is 2.31. The first-order valence-corrected chi connectivity index (χ1v) is 7.78. The van der Waals surface area contributed by atoms with Crippen LogP contribution < -0.4 is 15.0 Å². The Balaban J connectivity index is 1.90. The zero-order valence-corrected chi connectivity index (χ0v) is 14.2.